The highest BCUT2D eigenvalue weighted by Gasteiger charge is 2.37. The maximum atomic E-state index is 14.3. The number of rotatable bonds is 12. The Bertz CT molecular complexity index is 2060. The van der Waals surface area contributed by atoms with Gasteiger partial charge in [0.05, 0.1) is 31.9 Å². The molecule has 61 heavy (non-hydrogen) atoms. The maximum Gasteiger partial charge on any atom is 0.417 e. The minimum Gasteiger partial charge on any atom is -0.465 e. The summed E-state index contributed by atoms with van der Waals surface area (Å²) in [5, 5.41) is 3.05. The lowest BCUT2D eigenvalue weighted by Gasteiger charge is -2.43. The standard InChI is InChI=1S/C44H60N8O9/c1-31-27-32(28-37-40(31)46-43(56)60-37)29-38(61-44(57)51-15-10-35(11-16-51)52-17-7-33-5-2-3-6-36(33)45-42(52)55)41(54)50-20-18-49(19-21-50)34-8-13-48(14-9-34)30-39(53)59-24-4-12-47-22-25-58-26-23-47/h2-3,5-6,27-28,34-35,38H,4,7-26,29-30H2,1H3,(H,45,55)(H,46,56)/t38-/m1/s1. The number of morpholine rings is 1. The number of H-pyrrole nitrogens is 1. The van der Waals surface area contributed by atoms with Gasteiger partial charge in [0.25, 0.3) is 5.91 Å². The molecule has 0 unspecified atom stereocenters. The number of ether oxygens (including phenoxy) is 3. The SMILES string of the molecule is Cc1cc(C[C@@H](OC(=O)N2CCC(N3CCc4ccccc4NC3=O)CC2)C(=O)N2CCN(C3CCN(CC(=O)OCCCN4CCOCC4)CC3)CC2)cc2oc(=O)[nH]c12. The Morgan fingerprint density at radius 1 is 0.836 bits per heavy atom. The van der Waals surface area contributed by atoms with Crippen LogP contribution in [0.2, 0.25) is 0 Å². The highest BCUT2D eigenvalue weighted by molar-refractivity contribution is 5.91. The molecule has 5 aliphatic rings. The second-order valence-corrected chi connectivity index (χ2v) is 17.0. The third-order valence-electron chi connectivity index (χ3n) is 13.1. The van der Waals surface area contributed by atoms with Gasteiger partial charge in [0, 0.05) is 103 Å². The Labute approximate surface area is 356 Å². The average Bonchev–Trinajstić information content (AvgIpc) is 3.57. The highest BCUT2D eigenvalue weighted by atomic mass is 16.6. The van der Waals surface area contributed by atoms with E-state index < -0.39 is 18.0 Å². The molecule has 4 fully saturated rings. The first-order valence-corrected chi connectivity index (χ1v) is 22.1. The van der Waals surface area contributed by atoms with E-state index in [9.17, 15) is 24.0 Å². The van der Waals surface area contributed by atoms with Crippen LogP contribution in [0, 0.1) is 6.92 Å². The number of aromatic amines is 1. The lowest BCUT2D eigenvalue weighted by atomic mass is 10.0. The molecule has 0 saturated carbocycles. The van der Waals surface area contributed by atoms with Crippen LogP contribution in [0.3, 0.4) is 0 Å². The molecule has 4 saturated heterocycles. The van der Waals surface area contributed by atoms with Crippen LogP contribution in [-0.4, -0.2) is 181 Å². The van der Waals surface area contributed by atoms with Gasteiger partial charge in [0.15, 0.2) is 11.7 Å². The van der Waals surface area contributed by atoms with Crippen LogP contribution in [0.15, 0.2) is 45.6 Å². The van der Waals surface area contributed by atoms with E-state index >= 15 is 0 Å². The number of aryl methyl sites for hydroxylation is 1. The van der Waals surface area contributed by atoms with Gasteiger partial charge in [-0.1, -0.05) is 24.3 Å². The van der Waals surface area contributed by atoms with Crippen molar-refractivity contribution >= 4 is 40.8 Å². The van der Waals surface area contributed by atoms with E-state index in [2.05, 4.69) is 25.0 Å². The van der Waals surface area contributed by atoms with Crippen molar-refractivity contribution in [2.75, 3.05) is 110 Å². The first-order chi connectivity index (χ1) is 29.7. The van der Waals surface area contributed by atoms with Gasteiger partial charge in [0.2, 0.25) is 0 Å². The molecule has 3 aromatic rings. The zero-order valence-electron chi connectivity index (χ0n) is 35.3. The van der Waals surface area contributed by atoms with E-state index in [4.69, 9.17) is 18.6 Å². The minimum atomic E-state index is -1.09. The number of fused-ring (bicyclic) bond motifs is 2. The Morgan fingerprint density at radius 3 is 2.34 bits per heavy atom. The van der Waals surface area contributed by atoms with Gasteiger partial charge < -0.3 is 38.6 Å². The number of nitrogens with one attached hydrogen (secondary N) is 2. The molecule has 0 bridgehead atoms. The first-order valence-electron chi connectivity index (χ1n) is 22.1. The number of likely N-dealkylation sites (tertiary alicyclic amines) is 2. The Kier molecular flexibility index (Phi) is 13.9. The predicted octanol–water partition coefficient (Wildman–Crippen LogP) is 2.91. The average molecular weight is 845 g/mol. The van der Waals surface area contributed by atoms with Crippen LogP contribution in [0.25, 0.3) is 11.1 Å². The van der Waals surface area contributed by atoms with E-state index in [0.29, 0.717) is 94.5 Å². The number of piperidine rings is 2. The second kappa shape index (κ2) is 19.8. The molecule has 330 valence electrons. The van der Waals surface area contributed by atoms with Crippen molar-refractivity contribution in [2.45, 2.75) is 70.1 Å². The number of para-hydroxylation sites is 1. The Balaban J connectivity index is 0.828. The summed E-state index contributed by atoms with van der Waals surface area (Å²) in [7, 11) is 0. The number of hydrogen-bond donors (Lipinski definition) is 2. The Hall–Kier alpha value is -4.97. The van der Waals surface area contributed by atoms with Gasteiger partial charge >= 0.3 is 23.8 Å². The van der Waals surface area contributed by atoms with Crippen molar-refractivity contribution in [3.63, 3.8) is 0 Å². The molecule has 2 aromatic carbocycles. The third kappa shape index (κ3) is 10.7. The van der Waals surface area contributed by atoms with Crippen molar-refractivity contribution in [1.29, 1.82) is 0 Å². The van der Waals surface area contributed by atoms with Gasteiger partial charge in [-0.2, -0.15) is 0 Å². The van der Waals surface area contributed by atoms with Gasteiger partial charge in [-0.15, -0.1) is 0 Å². The topological polar surface area (TPSA) is 173 Å². The predicted molar refractivity (Wildman–Crippen MR) is 226 cm³/mol. The molecular formula is C44H60N8O9. The van der Waals surface area contributed by atoms with Gasteiger partial charge in [-0.3, -0.25) is 29.3 Å². The lowest BCUT2D eigenvalue weighted by Crippen LogP contribution is -2.57. The molecule has 0 aliphatic carbocycles. The van der Waals surface area contributed by atoms with Crippen LogP contribution < -0.4 is 11.1 Å². The number of esters is 1. The van der Waals surface area contributed by atoms with E-state index in [1.165, 1.54) is 0 Å². The van der Waals surface area contributed by atoms with Crippen molar-refractivity contribution in [1.82, 2.24) is 34.4 Å². The number of anilines is 1. The van der Waals surface area contributed by atoms with E-state index in [1.807, 2.05) is 42.2 Å². The number of aromatic nitrogens is 1. The monoisotopic (exact) mass is 844 g/mol. The van der Waals surface area contributed by atoms with Crippen molar-refractivity contribution in [2.24, 2.45) is 0 Å². The molecule has 4 amide bonds. The zero-order chi connectivity index (χ0) is 42.3. The molecule has 17 nitrogen and oxygen atoms in total. The van der Waals surface area contributed by atoms with Crippen LogP contribution in [0.1, 0.15) is 48.8 Å². The number of benzene rings is 2. The minimum absolute atomic E-state index is 0.0255. The zero-order valence-corrected chi connectivity index (χ0v) is 35.3. The number of amides is 4. The fraction of sp³-hybridized carbons (Fsp3) is 0.614. The summed E-state index contributed by atoms with van der Waals surface area (Å²) in [6, 6.07) is 11.7. The largest absolute Gasteiger partial charge is 0.465 e. The molecule has 0 radical (unpaired) electrons. The van der Waals surface area contributed by atoms with E-state index in [0.717, 1.165) is 88.4 Å². The van der Waals surface area contributed by atoms with E-state index in [1.54, 1.807) is 15.9 Å². The maximum absolute atomic E-state index is 14.3. The normalized spacial score (nSPS) is 20.9. The van der Waals surface area contributed by atoms with Crippen molar-refractivity contribution in [3.05, 3.63) is 63.6 Å². The number of carbonyl (C=O) groups is 4. The summed E-state index contributed by atoms with van der Waals surface area (Å²) >= 11 is 0. The molecular weight excluding hydrogens is 785 g/mol. The van der Waals surface area contributed by atoms with E-state index in [-0.39, 0.29) is 30.4 Å². The Morgan fingerprint density at radius 2 is 1.57 bits per heavy atom. The third-order valence-corrected chi connectivity index (χ3v) is 13.1. The lowest BCUT2D eigenvalue weighted by molar-refractivity contribution is -0.145. The fourth-order valence-corrected chi connectivity index (χ4v) is 9.58. The fourth-order valence-electron chi connectivity index (χ4n) is 9.58. The number of oxazole rings is 1. The summed E-state index contributed by atoms with van der Waals surface area (Å²) in [4.78, 5) is 80.9. The summed E-state index contributed by atoms with van der Waals surface area (Å²) in [5.74, 6) is -0.986. The van der Waals surface area contributed by atoms with Crippen LogP contribution in [-0.2, 0) is 36.6 Å². The molecule has 8 rings (SSSR count). The van der Waals surface area contributed by atoms with Gasteiger partial charge in [0.1, 0.15) is 0 Å². The van der Waals surface area contributed by atoms with Crippen LogP contribution in [0.5, 0.6) is 0 Å². The summed E-state index contributed by atoms with van der Waals surface area (Å²) in [5.41, 5.74) is 4.42. The quantitative estimate of drug-likeness (QED) is 0.202. The summed E-state index contributed by atoms with van der Waals surface area (Å²) in [6.07, 6.45) is 3.11. The van der Waals surface area contributed by atoms with Crippen LogP contribution >= 0.6 is 0 Å². The van der Waals surface area contributed by atoms with Gasteiger partial charge in [-0.05, 0) is 74.3 Å². The number of hydrogen-bond acceptors (Lipinski definition) is 12. The number of piperazine rings is 1. The molecule has 2 N–H and O–H groups in total. The molecule has 17 heteroatoms. The molecule has 1 aromatic heterocycles. The summed E-state index contributed by atoms with van der Waals surface area (Å²) in [6.45, 7) is 12.3. The smallest absolute Gasteiger partial charge is 0.417 e. The molecule has 6 heterocycles. The van der Waals surface area contributed by atoms with Crippen molar-refractivity contribution in [3.8, 4) is 0 Å². The van der Waals surface area contributed by atoms with Crippen molar-refractivity contribution < 1.29 is 37.8 Å². The number of urea groups is 1. The molecule has 1 atom stereocenters. The molecule has 0 spiro atoms. The summed E-state index contributed by atoms with van der Waals surface area (Å²) < 4.78 is 22.4. The number of carbonyl (C=O) groups excluding carboxylic acids is 4. The number of nitrogens with zero attached hydrogens (tertiary/aromatic N) is 6. The van der Waals surface area contributed by atoms with Gasteiger partial charge in [-0.25, -0.2) is 14.4 Å². The second-order valence-electron chi connectivity index (χ2n) is 17.0. The van der Waals surface area contributed by atoms with Crippen LogP contribution in [0.4, 0.5) is 15.3 Å². The molecule has 5 aliphatic heterocycles. The highest BCUT2D eigenvalue weighted by Crippen LogP contribution is 2.26. The first kappa shape index (κ1) is 42.7.